The number of nitrogens with one attached hydrogen (secondary N) is 1. The molecule has 2 unspecified atom stereocenters. The van der Waals surface area contributed by atoms with Crippen LogP contribution < -0.4 is 5.32 Å². The zero-order valence-corrected chi connectivity index (χ0v) is 11.1. The van der Waals surface area contributed by atoms with Crippen LogP contribution in [0.2, 0.25) is 0 Å². The van der Waals surface area contributed by atoms with Gasteiger partial charge in [0.15, 0.2) is 0 Å². The summed E-state index contributed by atoms with van der Waals surface area (Å²) in [5.74, 6) is -0.645. The number of nitriles is 1. The molecule has 0 aliphatic heterocycles. The van der Waals surface area contributed by atoms with Crippen LogP contribution in [0.5, 0.6) is 0 Å². The highest BCUT2D eigenvalue weighted by molar-refractivity contribution is 5.69. The van der Waals surface area contributed by atoms with Gasteiger partial charge in [-0.2, -0.15) is 5.26 Å². The van der Waals surface area contributed by atoms with Crippen LogP contribution in [-0.4, -0.2) is 27.1 Å². The van der Waals surface area contributed by atoms with E-state index in [0.29, 0.717) is 18.1 Å². The van der Waals surface area contributed by atoms with Gasteiger partial charge in [0.05, 0.1) is 5.92 Å². The molecule has 0 spiro atoms. The first-order chi connectivity index (χ1) is 9.02. The SMILES string of the molecule is CC(CCCC(C)C(=O)O)Nc1nccc(C#N)n1. The molecule has 0 saturated heterocycles. The average molecular weight is 262 g/mol. The topological polar surface area (TPSA) is 98.9 Å². The number of anilines is 1. The highest BCUT2D eigenvalue weighted by atomic mass is 16.4. The third-order valence-corrected chi connectivity index (χ3v) is 2.84. The number of hydrogen-bond donors (Lipinski definition) is 2. The van der Waals surface area contributed by atoms with Crippen molar-refractivity contribution in [2.75, 3.05) is 5.32 Å². The molecule has 1 aromatic rings. The van der Waals surface area contributed by atoms with Crippen molar-refractivity contribution in [1.82, 2.24) is 9.97 Å². The van der Waals surface area contributed by atoms with E-state index in [9.17, 15) is 4.79 Å². The number of nitrogens with zero attached hydrogens (tertiary/aromatic N) is 3. The Morgan fingerprint density at radius 1 is 1.53 bits per heavy atom. The largest absolute Gasteiger partial charge is 0.481 e. The van der Waals surface area contributed by atoms with Gasteiger partial charge in [0.2, 0.25) is 5.95 Å². The molecule has 0 saturated carbocycles. The Hall–Kier alpha value is -2.16. The Morgan fingerprint density at radius 2 is 2.26 bits per heavy atom. The lowest BCUT2D eigenvalue weighted by Crippen LogP contribution is -2.18. The highest BCUT2D eigenvalue weighted by Crippen LogP contribution is 2.11. The molecular weight excluding hydrogens is 244 g/mol. The summed E-state index contributed by atoms with van der Waals surface area (Å²) in [7, 11) is 0. The minimum absolute atomic E-state index is 0.134. The van der Waals surface area contributed by atoms with Crippen molar-refractivity contribution in [2.45, 2.75) is 39.2 Å². The van der Waals surface area contributed by atoms with Crippen LogP contribution in [0.3, 0.4) is 0 Å². The third-order valence-electron chi connectivity index (χ3n) is 2.84. The van der Waals surface area contributed by atoms with Crippen LogP contribution in [-0.2, 0) is 4.79 Å². The Labute approximate surface area is 112 Å². The number of carbonyl (C=O) groups is 1. The summed E-state index contributed by atoms with van der Waals surface area (Å²) in [6.45, 7) is 3.69. The quantitative estimate of drug-likeness (QED) is 0.780. The first kappa shape index (κ1) is 14.9. The third kappa shape index (κ3) is 5.34. The van der Waals surface area contributed by atoms with Crippen molar-refractivity contribution >= 4 is 11.9 Å². The maximum Gasteiger partial charge on any atom is 0.306 e. The lowest BCUT2D eigenvalue weighted by atomic mass is 10.0. The van der Waals surface area contributed by atoms with Crippen molar-refractivity contribution in [3.8, 4) is 6.07 Å². The molecule has 0 aromatic carbocycles. The second-order valence-corrected chi connectivity index (χ2v) is 4.59. The van der Waals surface area contributed by atoms with Crippen molar-refractivity contribution in [1.29, 1.82) is 5.26 Å². The van der Waals surface area contributed by atoms with Crippen LogP contribution in [0.1, 0.15) is 38.8 Å². The van der Waals surface area contributed by atoms with Crippen molar-refractivity contribution < 1.29 is 9.90 Å². The maximum absolute atomic E-state index is 10.7. The van der Waals surface area contributed by atoms with E-state index >= 15 is 0 Å². The van der Waals surface area contributed by atoms with E-state index in [1.54, 1.807) is 13.0 Å². The fourth-order valence-electron chi connectivity index (χ4n) is 1.64. The molecule has 102 valence electrons. The predicted molar refractivity (Wildman–Crippen MR) is 70.5 cm³/mol. The van der Waals surface area contributed by atoms with E-state index in [4.69, 9.17) is 10.4 Å². The monoisotopic (exact) mass is 262 g/mol. The summed E-state index contributed by atoms with van der Waals surface area (Å²) in [4.78, 5) is 18.7. The zero-order valence-electron chi connectivity index (χ0n) is 11.1. The van der Waals surface area contributed by atoms with Gasteiger partial charge in [0.1, 0.15) is 11.8 Å². The van der Waals surface area contributed by atoms with Gasteiger partial charge in [0.25, 0.3) is 0 Å². The number of hydrogen-bond acceptors (Lipinski definition) is 5. The highest BCUT2D eigenvalue weighted by Gasteiger charge is 2.11. The molecule has 1 rings (SSSR count). The van der Waals surface area contributed by atoms with Gasteiger partial charge in [-0.25, -0.2) is 9.97 Å². The van der Waals surface area contributed by atoms with E-state index in [2.05, 4.69) is 15.3 Å². The molecule has 2 N–H and O–H groups in total. The Morgan fingerprint density at radius 3 is 2.89 bits per heavy atom. The summed E-state index contributed by atoms with van der Waals surface area (Å²) in [5, 5.41) is 20.6. The minimum Gasteiger partial charge on any atom is -0.481 e. The van der Waals surface area contributed by atoms with Gasteiger partial charge in [-0.3, -0.25) is 4.79 Å². The lowest BCUT2D eigenvalue weighted by Gasteiger charge is -2.14. The van der Waals surface area contributed by atoms with Crippen molar-refractivity contribution in [3.63, 3.8) is 0 Å². The molecule has 1 aromatic heterocycles. The van der Waals surface area contributed by atoms with E-state index < -0.39 is 5.97 Å². The predicted octanol–water partition coefficient (Wildman–Crippen LogP) is 2.04. The van der Waals surface area contributed by atoms with Crippen LogP contribution in [0, 0.1) is 17.2 Å². The first-order valence-corrected chi connectivity index (χ1v) is 6.25. The van der Waals surface area contributed by atoms with Crippen LogP contribution in [0.15, 0.2) is 12.3 Å². The Bertz CT molecular complexity index is 470. The molecule has 6 nitrogen and oxygen atoms in total. The summed E-state index contributed by atoms with van der Waals surface area (Å²) < 4.78 is 0. The molecule has 0 aliphatic rings. The van der Waals surface area contributed by atoms with Gasteiger partial charge in [-0.05, 0) is 25.8 Å². The second-order valence-electron chi connectivity index (χ2n) is 4.59. The van der Waals surface area contributed by atoms with Crippen LogP contribution in [0.25, 0.3) is 0 Å². The smallest absolute Gasteiger partial charge is 0.306 e. The summed E-state index contributed by atoms with van der Waals surface area (Å²) >= 11 is 0. The fourth-order valence-corrected chi connectivity index (χ4v) is 1.64. The average Bonchev–Trinajstić information content (AvgIpc) is 2.38. The zero-order chi connectivity index (χ0) is 14.3. The van der Waals surface area contributed by atoms with Crippen molar-refractivity contribution in [3.05, 3.63) is 18.0 Å². The van der Waals surface area contributed by atoms with Gasteiger partial charge in [-0.15, -0.1) is 0 Å². The summed E-state index contributed by atoms with van der Waals surface area (Å²) in [6, 6.07) is 3.64. The van der Waals surface area contributed by atoms with E-state index in [-0.39, 0.29) is 12.0 Å². The van der Waals surface area contributed by atoms with Gasteiger partial charge >= 0.3 is 5.97 Å². The van der Waals surface area contributed by atoms with Gasteiger partial charge in [-0.1, -0.05) is 13.3 Å². The molecule has 0 fully saturated rings. The fraction of sp³-hybridized carbons (Fsp3) is 0.538. The Balaban J connectivity index is 2.37. The number of rotatable bonds is 7. The van der Waals surface area contributed by atoms with Gasteiger partial charge < -0.3 is 10.4 Å². The molecule has 0 amide bonds. The summed E-state index contributed by atoms with van der Waals surface area (Å²) in [6.07, 6.45) is 3.84. The van der Waals surface area contributed by atoms with Crippen molar-refractivity contribution in [2.24, 2.45) is 5.92 Å². The first-order valence-electron chi connectivity index (χ1n) is 6.25. The number of carboxylic acids is 1. The van der Waals surface area contributed by atoms with Gasteiger partial charge in [0, 0.05) is 12.2 Å². The number of aromatic nitrogens is 2. The van der Waals surface area contributed by atoms with E-state index in [1.165, 1.54) is 6.20 Å². The van der Waals surface area contributed by atoms with Crippen LogP contribution >= 0.6 is 0 Å². The maximum atomic E-state index is 10.7. The summed E-state index contributed by atoms with van der Waals surface area (Å²) in [5.41, 5.74) is 0.323. The Kier molecular flexibility index (Phi) is 5.73. The molecule has 0 aliphatic carbocycles. The normalized spacial score (nSPS) is 13.3. The molecule has 19 heavy (non-hydrogen) atoms. The molecular formula is C13H18N4O2. The lowest BCUT2D eigenvalue weighted by molar-refractivity contribution is -0.141. The molecule has 1 heterocycles. The minimum atomic E-state index is -0.759. The standard InChI is InChI=1S/C13H18N4O2/c1-9(12(18)19)4-3-5-10(2)16-13-15-7-6-11(8-14)17-13/h6-7,9-10H,3-5H2,1-2H3,(H,18,19)(H,15,16,17). The number of aliphatic carboxylic acids is 1. The molecule has 0 bridgehead atoms. The second kappa shape index (κ2) is 7.31. The molecule has 2 atom stereocenters. The van der Waals surface area contributed by atoms with Crippen LogP contribution in [0.4, 0.5) is 5.95 Å². The van der Waals surface area contributed by atoms with E-state index in [0.717, 1.165) is 12.8 Å². The van der Waals surface area contributed by atoms with E-state index in [1.807, 2.05) is 13.0 Å². The molecule has 0 radical (unpaired) electrons. The molecule has 6 heteroatoms. The number of carboxylic acid groups (broad SMARTS) is 1.